The van der Waals surface area contributed by atoms with Gasteiger partial charge in [0.25, 0.3) is 5.91 Å². The molecule has 1 aromatic carbocycles. The van der Waals surface area contributed by atoms with E-state index in [1.54, 1.807) is 30.3 Å². The Morgan fingerprint density at radius 1 is 1.30 bits per heavy atom. The van der Waals surface area contributed by atoms with Crippen molar-refractivity contribution in [3.8, 4) is 5.75 Å². The zero-order valence-electron chi connectivity index (χ0n) is 10.8. The van der Waals surface area contributed by atoms with Crippen molar-refractivity contribution in [3.63, 3.8) is 0 Å². The van der Waals surface area contributed by atoms with Crippen LogP contribution in [-0.2, 0) is 0 Å². The highest BCUT2D eigenvalue weighted by Crippen LogP contribution is 2.20. The van der Waals surface area contributed by atoms with Gasteiger partial charge in [-0.2, -0.15) is 0 Å². The van der Waals surface area contributed by atoms with Crippen molar-refractivity contribution in [2.24, 2.45) is 5.73 Å². The van der Waals surface area contributed by atoms with Crippen molar-refractivity contribution in [2.75, 3.05) is 12.4 Å². The predicted octanol–water partition coefficient (Wildman–Crippen LogP) is 1.98. The van der Waals surface area contributed by atoms with Crippen LogP contribution >= 0.6 is 12.2 Å². The number of aromatic nitrogens is 1. The normalized spacial score (nSPS) is 9.85. The van der Waals surface area contributed by atoms with Gasteiger partial charge in [-0.25, -0.2) is 0 Å². The Morgan fingerprint density at radius 2 is 2.05 bits per heavy atom. The Morgan fingerprint density at radius 3 is 2.75 bits per heavy atom. The summed E-state index contributed by atoms with van der Waals surface area (Å²) in [6, 6.07) is 8.66. The van der Waals surface area contributed by atoms with Gasteiger partial charge in [-0.15, -0.1) is 0 Å². The van der Waals surface area contributed by atoms with Crippen LogP contribution in [0.5, 0.6) is 5.75 Å². The second-order valence-electron chi connectivity index (χ2n) is 3.94. The number of carbonyl (C=O) groups excluding carboxylic acids is 1. The first-order valence-corrected chi connectivity index (χ1v) is 6.22. The number of carbonyl (C=O) groups is 1. The lowest BCUT2D eigenvalue weighted by molar-refractivity contribution is 0.102. The molecule has 20 heavy (non-hydrogen) atoms. The second-order valence-corrected chi connectivity index (χ2v) is 4.38. The molecule has 1 heterocycles. The minimum absolute atomic E-state index is 0.225. The van der Waals surface area contributed by atoms with E-state index >= 15 is 0 Å². The van der Waals surface area contributed by atoms with Gasteiger partial charge < -0.3 is 15.8 Å². The molecule has 0 saturated carbocycles. The summed E-state index contributed by atoms with van der Waals surface area (Å²) in [5.74, 6) is 0.0887. The number of amides is 1. The van der Waals surface area contributed by atoms with Crippen LogP contribution in [0.1, 0.15) is 15.9 Å². The van der Waals surface area contributed by atoms with E-state index in [-0.39, 0.29) is 10.9 Å². The Labute approximate surface area is 121 Å². The molecule has 0 unspecified atom stereocenters. The fraction of sp³-hybridized carbons (Fsp3) is 0.0714. The van der Waals surface area contributed by atoms with Gasteiger partial charge in [-0.1, -0.05) is 24.4 Å². The highest BCUT2D eigenvalue weighted by atomic mass is 32.1. The highest BCUT2D eigenvalue weighted by Gasteiger charge is 2.14. The third-order valence-electron chi connectivity index (χ3n) is 2.69. The summed E-state index contributed by atoms with van der Waals surface area (Å²) in [6.45, 7) is 0. The Hall–Kier alpha value is -2.47. The summed E-state index contributed by atoms with van der Waals surface area (Å²) in [4.78, 5) is 16.4. The summed E-state index contributed by atoms with van der Waals surface area (Å²) in [5, 5.41) is 2.77. The molecule has 0 saturated heterocycles. The molecule has 0 aliphatic carbocycles. The summed E-state index contributed by atoms with van der Waals surface area (Å²) in [7, 11) is 1.48. The molecular formula is C14H13N3O2S. The van der Waals surface area contributed by atoms with E-state index in [1.807, 2.05) is 0 Å². The van der Waals surface area contributed by atoms with Crippen LogP contribution in [0.3, 0.4) is 0 Å². The van der Waals surface area contributed by atoms with Gasteiger partial charge in [0.1, 0.15) is 10.7 Å². The molecule has 0 aliphatic heterocycles. The Kier molecular flexibility index (Phi) is 4.27. The van der Waals surface area contributed by atoms with Crippen molar-refractivity contribution in [1.29, 1.82) is 0 Å². The van der Waals surface area contributed by atoms with Crippen LogP contribution in [0.15, 0.2) is 42.7 Å². The highest BCUT2D eigenvalue weighted by molar-refractivity contribution is 7.80. The first-order valence-electron chi connectivity index (χ1n) is 5.81. The maximum atomic E-state index is 12.3. The molecule has 0 atom stereocenters. The molecular weight excluding hydrogens is 274 g/mol. The number of benzene rings is 1. The monoisotopic (exact) mass is 287 g/mol. The second kappa shape index (κ2) is 6.12. The first-order chi connectivity index (χ1) is 9.63. The number of hydrogen-bond acceptors (Lipinski definition) is 4. The van der Waals surface area contributed by atoms with E-state index in [4.69, 9.17) is 22.7 Å². The molecule has 2 rings (SSSR count). The number of hydrogen-bond donors (Lipinski definition) is 2. The number of nitrogens with one attached hydrogen (secondary N) is 1. The average molecular weight is 287 g/mol. The largest absolute Gasteiger partial charge is 0.494 e. The SMILES string of the molecule is COc1cnccc1C(=O)Nc1ccccc1C(N)=S. The van der Waals surface area contributed by atoms with Gasteiger partial charge in [-0.05, 0) is 18.2 Å². The van der Waals surface area contributed by atoms with Crippen LogP contribution in [0.2, 0.25) is 0 Å². The molecule has 0 spiro atoms. The van der Waals surface area contributed by atoms with Gasteiger partial charge in [0.2, 0.25) is 0 Å². The van der Waals surface area contributed by atoms with Crippen molar-refractivity contribution >= 4 is 28.8 Å². The smallest absolute Gasteiger partial charge is 0.259 e. The van der Waals surface area contributed by atoms with Gasteiger partial charge >= 0.3 is 0 Å². The topological polar surface area (TPSA) is 77.2 Å². The summed E-state index contributed by atoms with van der Waals surface area (Å²) in [6.07, 6.45) is 3.01. The van der Waals surface area contributed by atoms with Crippen molar-refractivity contribution in [2.45, 2.75) is 0 Å². The zero-order valence-corrected chi connectivity index (χ0v) is 11.6. The number of thiocarbonyl (C=S) groups is 1. The third-order valence-corrected chi connectivity index (χ3v) is 2.91. The van der Waals surface area contributed by atoms with Crippen molar-refractivity contribution in [1.82, 2.24) is 4.98 Å². The molecule has 3 N–H and O–H groups in total. The molecule has 0 fully saturated rings. The molecule has 0 bridgehead atoms. The van der Waals surface area contributed by atoms with Gasteiger partial charge in [0.15, 0.2) is 0 Å². The number of pyridine rings is 1. The summed E-state index contributed by atoms with van der Waals surface area (Å²) >= 11 is 4.96. The quantitative estimate of drug-likeness (QED) is 0.841. The fourth-order valence-electron chi connectivity index (χ4n) is 1.73. The minimum atomic E-state index is -0.312. The number of nitrogens with zero attached hydrogens (tertiary/aromatic N) is 1. The minimum Gasteiger partial charge on any atom is -0.494 e. The van der Waals surface area contributed by atoms with E-state index in [9.17, 15) is 4.79 Å². The van der Waals surface area contributed by atoms with Gasteiger partial charge in [-0.3, -0.25) is 9.78 Å². The maximum Gasteiger partial charge on any atom is 0.259 e. The lowest BCUT2D eigenvalue weighted by Gasteiger charge is -2.11. The predicted molar refractivity (Wildman–Crippen MR) is 81.1 cm³/mol. The number of anilines is 1. The number of para-hydroxylation sites is 1. The molecule has 2 aromatic rings. The van der Waals surface area contributed by atoms with E-state index in [1.165, 1.54) is 19.5 Å². The number of ether oxygens (including phenoxy) is 1. The Balaban J connectivity index is 2.31. The van der Waals surface area contributed by atoms with Crippen molar-refractivity contribution in [3.05, 3.63) is 53.9 Å². The maximum absolute atomic E-state index is 12.3. The molecule has 0 radical (unpaired) electrons. The van der Waals surface area contributed by atoms with E-state index in [0.29, 0.717) is 22.6 Å². The van der Waals surface area contributed by atoms with Crippen LogP contribution in [-0.4, -0.2) is 23.0 Å². The number of rotatable bonds is 4. The average Bonchev–Trinajstić information content (AvgIpc) is 2.47. The fourth-order valence-corrected chi connectivity index (χ4v) is 1.90. The molecule has 1 amide bonds. The molecule has 102 valence electrons. The zero-order chi connectivity index (χ0) is 14.5. The lowest BCUT2D eigenvalue weighted by atomic mass is 10.1. The third kappa shape index (κ3) is 2.92. The molecule has 1 aromatic heterocycles. The first kappa shape index (κ1) is 14.0. The summed E-state index contributed by atoms with van der Waals surface area (Å²) in [5.41, 5.74) is 7.19. The van der Waals surface area contributed by atoms with Crippen LogP contribution in [0, 0.1) is 0 Å². The van der Waals surface area contributed by atoms with E-state index < -0.39 is 0 Å². The Bertz CT molecular complexity index is 658. The summed E-state index contributed by atoms with van der Waals surface area (Å²) < 4.78 is 5.11. The lowest BCUT2D eigenvalue weighted by Crippen LogP contribution is -2.18. The van der Waals surface area contributed by atoms with Crippen LogP contribution in [0.4, 0.5) is 5.69 Å². The van der Waals surface area contributed by atoms with Crippen LogP contribution in [0.25, 0.3) is 0 Å². The standard InChI is InChI=1S/C14H13N3O2S/c1-19-12-8-16-7-6-10(12)14(18)17-11-5-3-2-4-9(11)13(15)20/h2-8H,1H3,(H2,15,20)(H,17,18). The van der Waals surface area contributed by atoms with Gasteiger partial charge in [0.05, 0.1) is 24.6 Å². The number of methoxy groups -OCH3 is 1. The molecule has 6 heteroatoms. The molecule has 0 aliphatic rings. The van der Waals surface area contributed by atoms with E-state index in [2.05, 4.69) is 10.3 Å². The number of nitrogens with two attached hydrogens (primary N) is 1. The van der Waals surface area contributed by atoms with Gasteiger partial charge in [0, 0.05) is 11.8 Å². The van der Waals surface area contributed by atoms with Crippen LogP contribution < -0.4 is 15.8 Å². The van der Waals surface area contributed by atoms with Crippen molar-refractivity contribution < 1.29 is 9.53 Å². The molecule has 5 nitrogen and oxygen atoms in total. The van der Waals surface area contributed by atoms with E-state index in [0.717, 1.165) is 0 Å².